The summed E-state index contributed by atoms with van der Waals surface area (Å²) in [6.07, 6.45) is 6.00. The predicted molar refractivity (Wildman–Crippen MR) is 91.2 cm³/mol. The minimum atomic E-state index is -0.424. The predicted octanol–water partition coefficient (Wildman–Crippen LogP) is 2.81. The van der Waals surface area contributed by atoms with Crippen LogP contribution in [0, 0.1) is 0 Å². The summed E-state index contributed by atoms with van der Waals surface area (Å²) >= 11 is 1.51. The van der Waals surface area contributed by atoms with E-state index in [1.807, 2.05) is 23.6 Å². The number of hydrogen-bond donors (Lipinski definition) is 3. The summed E-state index contributed by atoms with van der Waals surface area (Å²) in [5.74, 6) is 0.605. The molecule has 0 radical (unpaired) electrons. The number of amides is 1. The number of benzene rings is 1. The second kappa shape index (κ2) is 6.04. The van der Waals surface area contributed by atoms with Crippen LogP contribution in [0.2, 0.25) is 0 Å². The highest BCUT2D eigenvalue weighted by molar-refractivity contribution is 7.13. The van der Waals surface area contributed by atoms with Gasteiger partial charge in [0.2, 0.25) is 0 Å². The quantitative estimate of drug-likeness (QED) is 0.664. The van der Waals surface area contributed by atoms with Crippen LogP contribution in [0.5, 0.6) is 0 Å². The Balaban J connectivity index is 1.52. The van der Waals surface area contributed by atoms with Gasteiger partial charge in [0.15, 0.2) is 5.13 Å². The van der Waals surface area contributed by atoms with E-state index >= 15 is 0 Å². The number of aromatic nitrogens is 4. The maximum Gasteiger partial charge on any atom is 0.252 e. The molecule has 2 heterocycles. The van der Waals surface area contributed by atoms with Crippen molar-refractivity contribution in [3.8, 4) is 0 Å². The first-order valence-corrected chi connectivity index (χ1v) is 8.58. The van der Waals surface area contributed by atoms with Crippen LogP contribution >= 0.6 is 11.3 Å². The van der Waals surface area contributed by atoms with Crippen molar-refractivity contribution in [1.29, 1.82) is 0 Å². The minimum absolute atomic E-state index is 0.117. The van der Waals surface area contributed by atoms with Gasteiger partial charge in [-0.05, 0) is 37.5 Å². The van der Waals surface area contributed by atoms with Crippen molar-refractivity contribution < 1.29 is 4.79 Å². The van der Waals surface area contributed by atoms with Crippen molar-refractivity contribution in [1.82, 2.24) is 25.5 Å². The van der Waals surface area contributed by atoms with E-state index in [1.54, 1.807) is 12.3 Å². The molecule has 0 bridgehead atoms. The fourth-order valence-electron chi connectivity index (χ4n) is 2.82. The van der Waals surface area contributed by atoms with Crippen molar-refractivity contribution in [2.45, 2.75) is 24.8 Å². The summed E-state index contributed by atoms with van der Waals surface area (Å²) < 4.78 is 0. The highest BCUT2D eigenvalue weighted by Crippen LogP contribution is 2.39. The van der Waals surface area contributed by atoms with Gasteiger partial charge in [0, 0.05) is 22.8 Å². The van der Waals surface area contributed by atoms with Crippen molar-refractivity contribution >= 4 is 28.1 Å². The molecule has 2 aromatic heterocycles. The standard InChI is InChI=1S/C16H16N6OS/c23-13(21-16(5-2-6-16)14-18-10-19-22-14)11-3-1-4-12(9-11)20-15-17-7-8-24-15/h1,3-4,7-10H,2,5-6H2,(H,17,20)(H,21,23)(H,18,19,22). The van der Waals surface area contributed by atoms with Crippen molar-refractivity contribution in [3.63, 3.8) is 0 Å². The SMILES string of the molecule is O=C(NC1(c2ncn[nH]2)CCC1)c1cccc(Nc2nccs2)c1. The van der Waals surface area contributed by atoms with Gasteiger partial charge in [-0.3, -0.25) is 9.89 Å². The number of carbonyl (C=O) groups is 1. The Morgan fingerprint density at radius 3 is 2.88 bits per heavy atom. The molecular weight excluding hydrogens is 324 g/mol. The van der Waals surface area contributed by atoms with Gasteiger partial charge in [-0.25, -0.2) is 9.97 Å². The monoisotopic (exact) mass is 340 g/mol. The highest BCUT2D eigenvalue weighted by Gasteiger charge is 2.42. The lowest BCUT2D eigenvalue weighted by Crippen LogP contribution is -2.51. The number of nitrogens with one attached hydrogen (secondary N) is 3. The van der Waals surface area contributed by atoms with Crippen LogP contribution in [0.15, 0.2) is 42.2 Å². The van der Waals surface area contributed by atoms with Gasteiger partial charge in [-0.15, -0.1) is 11.3 Å². The van der Waals surface area contributed by atoms with E-state index in [-0.39, 0.29) is 5.91 Å². The Morgan fingerprint density at radius 2 is 2.21 bits per heavy atom. The first-order valence-electron chi connectivity index (χ1n) is 7.70. The maximum absolute atomic E-state index is 12.7. The third-order valence-corrected chi connectivity index (χ3v) is 4.93. The van der Waals surface area contributed by atoms with Crippen molar-refractivity contribution in [2.24, 2.45) is 0 Å². The molecule has 1 aliphatic carbocycles. The fourth-order valence-corrected chi connectivity index (χ4v) is 3.37. The number of anilines is 2. The van der Waals surface area contributed by atoms with Crippen molar-refractivity contribution in [2.75, 3.05) is 5.32 Å². The fraction of sp³-hybridized carbons (Fsp3) is 0.250. The molecule has 4 rings (SSSR count). The second-order valence-electron chi connectivity index (χ2n) is 5.77. The zero-order valence-corrected chi connectivity index (χ0v) is 13.6. The average molecular weight is 340 g/mol. The molecule has 1 aromatic carbocycles. The largest absolute Gasteiger partial charge is 0.339 e. The second-order valence-corrected chi connectivity index (χ2v) is 6.66. The zero-order valence-electron chi connectivity index (χ0n) is 12.8. The molecule has 0 spiro atoms. The molecule has 122 valence electrons. The van der Waals surface area contributed by atoms with E-state index in [9.17, 15) is 4.79 Å². The van der Waals surface area contributed by atoms with Crippen LogP contribution in [0.1, 0.15) is 35.4 Å². The van der Waals surface area contributed by atoms with Gasteiger partial charge < -0.3 is 10.6 Å². The Hall–Kier alpha value is -2.74. The normalized spacial score (nSPS) is 15.5. The Bertz CT molecular complexity index is 826. The number of thiazole rings is 1. The Labute approximate surface area is 142 Å². The topological polar surface area (TPSA) is 95.6 Å². The first kappa shape index (κ1) is 14.8. The summed E-state index contributed by atoms with van der Waals surface area (Å²) in [7, 11) is 0. The van der Waals surface area contributed by atoms with Gasteiger partial charge in [-0.2, -0.15) is 5.10 Å². The van der Waals surface area contributed by atoms with Crippen LogP contribution in [-0.4, -0.2) is 26.1 Å². The molecule has 1 fully saturated rings. The minimum Gasteiger partial charge on any atom is -0.339 e. The van der Waals surface area contributed by atoms with Crippen LogP contribution < -0.4 is 10.6 Å². The lowest BCUT2D eigenvalue weighted by Gasteiger charge is -2.40. The third-order valence-electron chi connectivity index (χ3n) is 4.24. The number of nitrogens with zero attached hydrogens (tertiary/aromatic N) is 3. The van der Waals surface area contributed by atoms with Crippen LogP contribution in [0.25, 0.3) is 0 Å². The number of aromatic amines is 1. The van der Waals surface area contributed by atoms with Gasteiger partial charge >= 0.3 is 0 Å². The van der Waals surface area contributed by atoms with Gasteiger partial charge in [-0.1, -0.05) is 6.07 Å². The van der Waals surface area contributed by atoms with E-state index in [1.165, 1.54) is 17.7 Å². The van der Waals surface area contributed by atoms with Crippen molar-refractivity contribution in [3.05, 3.63) is 53.6 Å². The van der Waals surface area contributed by atoms with Gasteiger partial charge in [0.1, 0.15) is 12.2 Å². The van der Waals surface area contributed by atoms with E-state index in [4.69, 9.17) is 0 Å². The third kappa shape index (κ3) is 2.76. The van der Waals surface area contributed by atoms with E-state index < -0.39 is 5.54 Å². The zero-order chi connectivity index (χ0) is 16.4. The molecule has 0 saturated heterocycles. The number of hydrogen-bond acceptors (Lipinski definition) is 6. The van der Waals surface area contributed by atoms with Gasteiger partial charge in [0.25, 0.3) is 5.91 Å². The van der Waals surface area contributed by atoms with E-state index in [0.29, 0.717) is 5.56 Å². The molecule has 3 aromatic rings. The molecule has 1 amide bonds. The lowest BCUT2D eigenvalue weighted by atomic mass is 9.76. The molecule has 0 unspecified atom stereocenters. The Kier molecular flexibility index (Phi) is 3.73. The van der Waals surface area contributed by atoms with Crippen LogP contribution in [-0.2, 0) is 5.54 Å². The molecular formula is C16H16N6OS. The number of rotatable bonds is 5. The molecule has 8 heteroatoms. The maximum atomic E-state index is 12.7. The smallest absolute Gasteiger partial charge is 0.252 e. The summed E-state index contributed by atoms with van der Waals surface area (Å²) in [6.45, 7) is 0. The first-order chi connectivity index (χ1) is 11.8. The molecule has 3 N–H and O–H groups in total. The van der Waals surface area contributed by atoms with Crippen LogP contribution in [0.3, 0.4) is 0 Å². The molecule has 1 saturated carbocycles. The average Bonchev–Trinajstić information content (AvgIpc) is 3.24. The number of H-pyrrole nitrogens is 1. The van der Waals surface area contributed by atoms with Crippen LogP contribution in [0.4, 0.5) is 10.8 Å². The Morgan fingerprint density at radius 1 is 1.29 bits per heavy atom. The molecule has 24 heavy (non-hydrogen) atoms. The van der Waals surface area contributed by atoms with E-state index in [0.717, 1.165) is 35.9 Å². The number of carbonyl (C=O) groups excluding carboxylic acids is 1. The highest BCUT2D eigenvalue weighted by atomic mass is 32.1. The summed E-state index contributed by atoms with van der Waals surface area (Å²) in [5, 5.41) is 15.8. The summed E-state index contributed by atoms with van der Waals surface area (Å²) in [5.41, 5.74) is 1.01. The van der Waals surface area contributed by atoms with E-state index in [2.05, 4.69) is 30.8 Å². The molecule has 7 nitrogen and oxygen atoms in total. The molecule has 0 atom stereocenters. The molecule has 1 aliphatic rings. The summed E-state index contributed by atoms with van der Waals surface area (Å²) in [6, 6.07) is 7.39. The lowest BCUT2D eigenvalue weighted by molar-refractivity contribution is 0.0810. The van der Waals surface area contributed by atoms with Gasteiger partial charge in [0.05, 0.1) is 5.54 Å². The summed E-state index contributed by atoms with van der Waals surface area (Å²) in [4.78, 5) is 21.1. The molecule has 0 aliphatic heterocycles.